The summed E-state index contributed by atoms with van der Waals surface area (Å²) in [6.45, 7) is 8.63. The Morgan fingerprint density at radius 2 is 2.25 bits per heavy atom. The summed E-state index contributed by atoms with van der Waals surface area (Å²) in [4.78, 5) is 0. The van der Waals surface area contributed by atoms with E-state index in [4.69, 9.17) is 4.74 Å². The minimum Gasteiger partial charge on any atom is -0.378 e. The first-order chi connectivity index (χ1) is 5.79. The summed E-state index contributed by atoms with van der Waals surface area (Å²) in [6.07, 6.45) is 2.90. The Hall–Kier alpha value is -0.0800. The van der Waals surface area contributed by atoms with Crippen LogP contribution in [-0.2, 0) is 4.74 Å². The fourth-order valence-electron chi connectivity index (χ4n) is 2.14. The number of nitrogens with one attached hydrogen (secondary N) is 1. The molecule has 0 amide bonds. The van der Waals surface area contributed by atoms with Gasteiger partial charge in [-0.05, 0) is 26.3 Å². The average Bonchev–Trinajstić information content (AvgIpc) is 2.47. The number of rotatable bonds is 4. The van der Waals surface area contributed by atoms with Crippen molar-refractivity contribution in [2.75, 3.05) is 13.2 Å². The molecule has 0 saturated carbocycles. The molecule has 1 heterocycles. The second-order valence-electron chi connectivity index (χ2n) is 3.60. The third-order valence-corrected chi connectivity index (χ3v) is 2.86. The molecule has 3 atom stereocenters. The standard InChI is InChI=1S/C10H21NO/c1-4-10(11-5-2)9-6-7-12-8(9)3/h8-11H,4-7H2,1-3H3. The van der Waals surface area contributed by atoms with Crippen LogP contribution in [0.2, 0.25) is 0 Å². The molecule has 0 aliphatic carbocycles. The first-order valence-corrected chi connectivity index (χ1v) is 5.14. The summed E-state index contributed by atoms with van der Waals surface area (Å²) in [6, 6.07) is 0.660. The van der Waals surface area contributed by atoms with Crippen LogP contribution in [0.3, 0.4) is 0 Å². The summed E-state index contributed by atoms with van der Waals surface area (Å²) in [5, 5.41) is 3.52. The molecule has 2 heteroatoms. The smallest absolute Gasteiger partial charge is 0.0590 e. The van der Waals surface area contributed by atoms with E-state index < -0.39 is 0 Å². The van der Waals surface area contributed by atoms with Crippen LogP contribution in [0.4, 0.5) is 0 Å². The van der Waals surface area contributed by atoms with E-state index in [2.05, 4.69) is 26.1 Å². The number of ether oxygens (including phenoxy) is 1. The van der Waals surface area contributed by atoms with Crippen LogP contribution in [0.5, 0.6) is 0 Å². The van der Waals surface area contributed by atoms with Crippen LogP contribution < -0.4 is 5.32 Å². The van der Waals surface area contributed by atoms with E-state index in [1.54, 1.807) is 0 Å². The lowest BCUT2D eigenvalue weighted by Crippen LogP contribution is -2.38. The molecule has 1 saturated heterocycles. The van der Waals surface area contributed by atoms with Crippen molar-refractivity contribution in [3.63, 3.8) is 0 Å². The zero-order valence-electron chi connectivity index (χ0n) is 8.47. The SMILES string of the molecule is CCNC(CC)C1CCOC1C. The van der Waals surface area contributed by atoms with Gasteiger partial charge in [0.15, 0.2) is 0 Å². The topological polar surface area (TPSA) is 21.3 Å². The van der Waals surface area contributed by atoms with E-state index in [9.17, 15) is 0 Å². The molecule has 0 radical (unpaired) electrons. The van der Waals surface area contributed by atoms with Gasteiger partial charge in [-0.1, -0.05) is 13.8 Å². The molecule has 1 N–H and O–H groups in total. The lowest BCUT2D eigenvalue weighted by Gasteiger charge is -2.25. The van der Waals surface area contributed by atoms with E-state index >= 15 is 0 Å². The largest absolute Gasteiger partial charge is 0.378 e. The Morgan fingerprint density at radius 1 is 1.50 bits per heavy atom. The van der Waals surface area contributed by atoms with Crippen molar-refractivity contribution in [3.8, 4) is 0 Å². The molecule has 0 aromatic carbocycles. The summed E-state index contributed by atoms with van der Waals surface area (Å²) >= 11 is 0. The number of hydrogen-bond donors (Lipinski definition) is 1. The first kappa shape index (κ1) is 10.0. The summed E-state index contributed by atoms with van der Waals surface area (Å²) < 4.78 is 5.55. The van der Waals surface area contributed by atoms with Crippen molar-refractivity contribution in [2.45, 2.75) is 45.8 Å². The highest BCUT2D eigenvalue weighted by atomic mass is 16.5. The Kier molecular flexibility index (Phi) is 4.02. The van der Waals surface area contributed by atoms with Gasteiger partial charge in [0.05, 0.1) is 6.10 Å². The summed E-state index contributed by atoms with van der Waals surface area (Å²) in [5.74, 6) is 0.731. The Balaban J connectivity index is 2.41. The van der Waals surface area contributed by atoms with Crippen LogP contribution in [0.1, 0.15) is 33.6 Å². The minimum atomic E-state index is 0.453. The Morgan fingerprint density at radius 3 is 2.67 bits per heavy atom. The third-order valence-electron chi connectivity index (χ3n) is 2.86. The average molecular weight is 171 g/mol. The second kappa shape index (κ2) is 4.83. The van der Waals surface area contributed by atoms with Gasteiger partial charge in [-0.15, -0.1) is 0 Å². The Bertz CT molecular complexity index is 127. The van der Waals surface area contributed by atoms with Crippen LogP contribution in [0, 0.1) is 5.92 Å². The number of hydrogen-bond acceptors (Lipinski definition) is 2. The minimum absolute atomic E-state index is 0.453. The van der Waals surface area contributed by atoms with Gasteiger partial charge in [-0.3, -0.25) is 0 Å². The molecule has 1 fully saturated rings. The third kappa shape index (κ3) is 2.20. The molecular weight excluding hydrogens is 150 g/mol. The Labute approximate surface area is 75.7 Å². The predicted molar refractivity (Wildman–Crippen MR) is 51.3 cm³/mol. The van der Waals surface area contributed by atoms with Gasteiger partial charge in [0.2, 0.25) is 0 Å². The zero-order valence-corrected chi connectivity index (χ0v) is 8.47. The molecule has 1 aliphatic rings. The highest BCUT2D eigenvalue weighted by Gasteiger charge is 2.29. The summed E-state index contributed by atoms with van der Waals surface area (Å²) in [5.41, 5.74) is 0. The van der Waals surface area contributed by atoms with Crippen LogP contribution in [0.25, 0.3) is 0 Å². The van der Waals surface area contributed by atoms with Crippen molar-refractivity contribution in [3.05, 3.63) is 0 Å². The second-order valence-corrected chi connectivity index (χ2v) is 3.60. The van der Waals surface area contributed by atoms with Gasteiger partial charge in [-0.25, -0.2) is 0 Å². The molecule has 12 heavy (non-hydrogen) atoms. The molecular formula is C10H21NO. The normalized spacial score (nSPS) is 32.2. The molecule has 1 rings (SSSR count). The van der Waals surface area contributed by atoms with Crippen molar-refractivity contribution in [2.24, 2.45) is 5.92 Å². The van der Waals surface area contributed by atoms with Crippen molar-refractivity contribution < 1.29 is 4.74 Å². The highest BCUT2D eigenvalue weighted by Crippen LogP contribution is 2.25. The maximum absolute atomic E-state index is 5.55. The van der Waals surface area contributed by atoms with E-state index in [0.29, 0.717) is 12.1 Å². The van der Waals surface area contributed by atoms with E-state index in [1.165, 1.54) is 12.8 Å². The van der Waals surface area contributed by atoms with Gasteiger partial charge in [-0.2, -0.15) is 0 Å². The molecule has 2 nitrogen and oxygen atoms in total. The zero-order chi connectivity index (χ0) is 8.97. The lowest BCUT2D eigenvalue weighted by molar-refractivity contribution is 0.0951. The molecule has 0 spiro atoms. The van der Waals surface area contributed by atoms with E-state index in [0.717, 1.165) is 19.1 Å². The molecule has 3 unspecified atom stereocenters. The predicted octanol–water partition coefficient (Wildman–Crippen LogP) is 1.80. The molecule has 0 aromatic rings. The van der Waals surface area contributed by atoms with Gasteiger partial charge >= 0.3 is 0 Å². The van der Waals surface area contributed by atoms with Gasteiger partial charge in [0.1, 0.15) is 0 Å². The summed E-state index contributed by atoms with van der Waals surface area (Å²) in [7, 11) is 0. The first-order valence-electron chi connectivity index (χ1n) is 5.14. The quantitative estimate of drug-likeness (QED) is 0.696. The highest BCUT2D eigenvalue weighted by molar-refractivity contribution is 4.83. The maximum atomic E-state index is 5.55. The van der Waals surface area contributed by atoms with Gasteiger partial charge in [0, 0.05) is 18.6 Å². The van der Waals surface area contributed by atoms with Crippen LogP contribution in [-0.4, -0.2) is 25.3 Å². The molecule has 1 aliphatic heterocycles. The van der Waals surface area contributed by atoms with Crippen LogP contribution in [0.15, 0.2) is 0 Å². The lowest BCUT2D eigenvalue weighted by atomic mass is 9.92. The van der Waals surface area contributed by atoms with Gasteiger partial charge in [0.25, 0.3) is 0 Å². The van der Waals surface area contributed by atoms with Gasteiger partial charge < -0.3 is 10.1 Å². The van der Waals surface area contributed by atoms with E-state index in [-0.39, 0.29) is 0 Å². The fourth-order valence-corrected chi connectivity index (χ4v) is 2.14. The van der Waals surface area contributed by atoms with Crippen molar-refractivity contribution in [1.82, 2.24) is 5.32 Å². The molecule has 0 aromatic heterocycles. The van der Waals surface area contributed by atoms with Crippen molar-refractivity contribution in [1.29, 1.82) is 0 Å². The maximum Gasteiger partial charge on any atom is 0.0590 e. The van der Waals surface area contributed by atoms with Crippen LogP contribution >= 0.6 is 0 Å². The monoisotopic (exact) mass is 171 g/mol. The molecule has 0 bridgehead atoms. The van der Waals surface area contributed by atoms with E-state index in [1.807, 2.05) is 0 Å². The fraction of sp³-hybridized carbons (Fsp3) is 1.00. The molecule has 72 valence electrons. The van der Waals surface area contributed by atoms with Crippen molar-refractivity contribution >= 4 is 0 Å².